The summed E-state index contributed by atoms with van der Waals surface area (Å²) in [5.41, 5.74) is 2.96. The molecule has 1 heteroatoms. The third-order valence-corrected chi connectivity index (χ3v) is 2.52. The lowest BCUT2D eigenvalue weighted by Gasteiger charge is -2.01. The summed E-state index contributed by atoms with van der Waals surface area (Å²) >= 11 is 0. The van der Waals surface area contributed by atoms with E-state index >= 15 is 0 Å². The fourth-order valence-electron chi connectivity index (χ4n) is 1.51. The van der Waals surface area contributed by atoms with Crippen LogP contribution >= 0.6 is 0 Å². The second kappa shape index (κ2) is 5.34. The lowest BCUT2D eigenvalue weighted by Crippen LogP contribution is -1.92. The molecule has 0 aliphatic heterocycles. The zero-order valence-electron chi connectivity index (χ0n) is 9.72. The van der Waals surface area contributed by atoms with E-state index in [0.29, 0.717) is 0 Å². The zero-order chi connectivity index (χ0) is 12.1. The first-order valence-electron chi connectivity index (χ1n) is 5.57. The molecule has 0 aliphatic rings. The fourth-order valence-corrected chi connectivity index (χ4v) is 1.51. The van der Waals surface area contributed by atoms with E-state index in [1.54, 1.807) is 0 Å². The van der Waals surface area contributed by atoms with E-state index in [2.05, 4.69) is 11.8 Å². The van der Waals surface area contributed by atoms with Crippen LogP contribution in [-0.4, -0.2) is 5.11 Å². The number of benzene rings is 2. The van der Waals surface area contributed by atoms with Gasteiger partial charge < -0.3 is 5.11 Å². The van der Waals surface area contributed by atoms with Gasteiger partial charge in [-0.15, -0.1) is 0 Å². The van der Waals surface area contributed by atoms with Crippen molar-refractivity contribution in [2.75, 3.05) is 0 Å². The zero-order valence-corrected chi connectivity index (χ0v) is 9.72. The number of aryl methyl sites for hydroxylation is 1. The Morgan fingerprint density at radius 2 is 1.59 bits per heavy atom. The molecule has 0 aromatic heterocycles. The highest BCUT2D eigenvalue weighted by Gasteiger charge is 2.00. The molecule has 2 rings (SSSR count). The van der Waals surface area contributed by atoms with Crippen LogP contribution in [0.3, 0.4) is 0 Å². The fraction of sp³-hybridized carbons (Fsp3) is 0.125. The first-order valence-corrected chi connectivity index (χ1v) is 5.57. The maximum Gasteiger partial charge on any atom is 0.140 e. The van der Waals surface area contributed by atoms with Crippen molar-refractivity contribution in [2.24, 2.45) is 0 Å². The van der Waals surface area contributed by atoms with Gasteiger partial charge in [-0.25, -0.2) is 0 Å². The molecule has 17 heavy (non-hydrogen) atoms. The summed E-state index contributed by atoms with van der Waals surface area (Å²) in [6.45, 7) is 2.04. The maximum atomic E-state index is 9.86. The topological polar surface area (TPSA) is 20.2 Å². The summed E-state index contributed by atoms with van der Waals surface area (Å²) in [7, 11) is 0. The van der Waals surface area contributed by atoms with Gasteiger partial charge in [-0.2, -0.15) is 0 Å². The Hall–Kier alpha value is -2.04. The van der Waals surface area contributed by atoms with Gasteiger partial charge in [0, 0.05) is 5.56 Å². The highest BCUT2D eigenvalue weighted by molar-refractivity contribution is 5.38. The van der Waals surface area contributed by atoms with Crippen molar-refractivity contribution in [3.8, 4) is 11.8 Å². The molecule has 0 saturated heterocycles. The minimum Gasteiger partial charge on any atom is -0.376 e. The first-order chi connectivity index (χ1) is 8.25. The van der Waals surface area contributed by atoms with Crippen molar-refractivity contribution in [1.29, 1.82) is 0 Å². The van der Waals surface area contributed by atoms with Crippen LogP contribution in [0.2, 0.25) is 0 Å². The summed E-state index contributed by atoms with van der Waals surface area (Å²) in [6.07, 6.45) is -0.725. The van der Waals surface area contributed by atoms with Gasteiger partial charge in [0.1, 0.15) is 6.10 Å². The molecule has 0 heterocycles. The predicted octanol–water partition coefficient (Wildman–Crippen LogP) is 3.08. The van der Waals surface area contributed by atoms with Gasteiger partial charge in [0.15, 0.2) is 0 Å². The van der Waals surface area contributed by atoms with Crippen molar-refractivity contribution in [3.05, 3.63) is 71.3 Å². The van der Waals surface area contributed by atoms with E-state index < -0.39 is 6.10 Å². The summed E-state index contributed by atoms with van der Waals surface area (Å²) < 4.78 is 0. The standard InChI is InChI=1S/C16H14O/c1-13-7-9-14(10-8-13)11-12-16(17)15-5-3-2-4-6-15/h2-10,16-17H,1H3. The van der Waals surface area contributed by atoms with E-state index in [0.717, 1.165) is 11.1 Å². The molecule has 0 aliphatic carbocycles. The van der Waals surface area contributed by atoms with E-state index in [1.807, 2.05) is 61.5 Å². The van der Waals surface area contributed by atoms with Crippen molar-refractivity contribution in [3.63, 3.8) is 0 Å². The molecule has 0 saturated carbocycles. The number of rotatable bonds is 1. The molecule has 1 unspecified atom stereocenters. The van der Waals surface area contributed by atoms with E-state index in [9.17, 15) is 5.11 Å². The van der Waals surface area contributed by atoms with Crippen LogP contribution in [0.15, 0.2) is 54.6 Å². The summed E-state index contributed by atoms with van der Waals surface area (Å²) in [6, 6.07) is 17.4. The van der Waals surface area contributed by atoms with Gasteiger partial charge in [-0.05, 0) is 24.6 Å². The minimum atomic E-state index is -0.725. The number of hydrogen-bond donors (Lipinski definition) is 1. The normalized spacial score (nSPS) is 11.4. The van der Waals surface area contributed by atoms with Gasteiger partial charge in [0.25, 0.3) is 0 Å². The maximum absolute atomic E-state index is 9.86. The summed E-state index contributed by atoms with van der Waals surface area (Å²) in [4.78, 5) is 0. The molecule has 1 atom stereocenters. The molecular weight excluding hydrogens is 208 g/mol. The molecular formula is C16H14O. The van der Waals surface area contributed by atoms with Crippen LogP contribution in [0.4, 0.5) is 0 Å². The van der Waals surface area contributed by atoms with Crippen LogP contribution in [0.1, 0.15) is 22.8 Å². The van der Waals surface area contributed by atoms with E-state index in [-0.39, 0.29) is 0 Å². The van der Waals surface area contributed by atoms with Gasteiger partial charge in [0.05, 0.1) is 0 Å². The average Bonchev–Trinajstić information content (AvgIpc) is 2.39. The van der Waals surface area contributed by atoms with Gasteiger partial charge in [0.2, 0.25) is 0 Å². The quantitative estimate of drug-likeness (QED) is 0.735. The lowest BCUT2D eigenvalue weighted by atomic mass is 10.1. The van der Waals surface area contributed by atoms with Crippen molar-refractivity contribution in [1.82, 2.24) is 0 Å². The Bertz CT molecular complexity index is 529. The van der Waals surface area contributed by atoms with Crippen molar-refractivity contribution >= 4 is 0 Å². The Morgan fingerprint density at radius 3 is 2.24 bits per heavy atom. The third kappa shape index (κ3) is 3.21. The smallest absolute Gasteiger partial charge is 0.140 e. The monoisotopic (exact) mass is 222 g/mol. The Labute approximate surface area is 102 Å². The third-order valence-electron chi connectivity index (χ3n) is 2.52. The van der Waals surface area contributed by atoms with Crippen molar-refractivity contribution in [2.45, 2.75) is 13.0 Å². The molecule has 0 fully saturated rings. The Kier molecular flexibility index (Phi) is 3.59. The molecule has 0 spiro atoms. The lowest BCUT2D eigenvalue weighted by molar-refractivity contribution is 0.238. The average molecular weight is 222 g/mol. The van der Waals surface area contributed by atoms with Crippen LogP contribution in [-0.2, 0) is 0 Å². The summed E-state index contributed by atoms with van der Waals surface area (Å²) in [5, 5.41) is 9.86. The SMILES string of the molecule is Cc1ccc(C#CC(O)c2ccccc2)cc1. The molecule has 1 N–H and O–H groups in total. The highest BCUT2D eigenvalue weighted by Crippen LogP contribution is 2.10. The van der Waals surface area contributed by atoms with Crippen LogP contribution in [0.25, 0.3) is 0 Å². The molecule has 0 radical (unpaired) electrons. The first kappa shape index (κ1) is 11.4. The second-order valence-electron chi connectivity index (χ2n) is 3.95. The molecule has 0 amide bonds. The van der Waals surface area contributed by atoms with Crippen LogP contribution < -0.4 is 0 Å². The number of aliphatic hydroxyl groups is 1. The van der Waals surface area contributed by atoms with Crippen molar-refractivity contribution < 1.29 is 5.11 Å². The van der Waals surface area contributed by atoms with Crippen LogP contribution in [0, 0.1) is 18.8 Å². The van der Waals surface area contributed by atoms with Gasteiger partial charge in [-0.3, -0.25) is 0 Å². The Morgan fingerprint density at radius 1 is 0.941 bits per heavy atom. The Balaban J connectivity index is 2.14. The molecule has 84 valence electrons. The van der Waals surface area contributed by atoms with Crippen LogP contribution in [0.5, 0.6) is 0 Å². The number of hydrogen-bond acceptors (Lipinski definition) is 1. The van der Waals surface area contributed by atoms with Gasteiger partial charge in [-0.1, -0.05) is 59.9 Å². The number of aliphatic hydroxyl groups excluding tert-OH is 1. The second-order valence-corrected chi connectivity index (χ2v) is 3.95. The predicted molar refractivity (Wildman–Crippen MR) is 69.5 cm³/mol. The highest BCUT2D eigenvalue weighted by atomic mass is 16.3. The van der Waals surface area contributed by atoms with Gasteiger partial charge >= 0.3 is 0 Å². The molecule has 0 bridgehead atoms. The van der Waals surface area contributed by atoms with E-state index in [4.69, 9.17) is 0 Å². The molecule has 1 nitrogen and oxygen atoms in total. The minimum absolute atomic E-state index is 0.725. The molecule has 2 aromatic rings. The van der Waals surface area contributed by atoms with E-state index in [1.165, 1.54) is 5.56 Å². The summed E-state index contributed by atoms with van der Waals surface area (Å²) in [5.74, 6) is 5.81. The molecule has 2 aromatic carbocycles. The largest absolute Gasteiger partial charge is 0.376 e.